The molecule has 0 radical (unpaired) electrons. The van der Waals surface area contributed by atoms with Crippen molar-refractivity contribution in [1.82, 2.24) is 5.32 Å². The standard InChI is InChI=1S/C19H31NO/c1-7-11-20-13-15(3)14-21-18-10-9-16(8-2)12-17(18)19(4,5)6/h9-10,12,20H,3,7-8,11,13-14H2,1-2,4-6H3. The van der Waals surface area contributed by atoms with Crippen LogP contribution >= 0.6 is 0 Å². The number of hydrogen-bond donors (Lipinski definition) is 1. The van der Waals surface area contributed by atoms with Gasteiger partial charge in [-0.25, -0.2) is 0 Å². The molecular formula is C19H31NO. The Bertz CT molecular complexity index is 457. The van der Waals surface area contributed by atoms with E-state index < -0.39 is 0 Å². The lowest BCUT2D eigenvalue weighted by Gasteiger charge is -2.24. The smallest absolute Gasteiger partial charge is 0.123 e. The molecule has 2 heteroatoms. The van der Waals surface area contributed by atoms with Gasteiger partial charge in [0.25, 0.3) is 0 Å². The Hall–Kier alpha value is -1.28. The van der Waals surface area contributed by atoms with Crippen molar-refractivity contribution in [1.29, 1.82) is 0 Å². The van der Waals surface area contributed by atoms with E-state index in [0.29, 0.717) is 6.61 Å². The van der Waals surface area contributed by atoms with Crippen LogP contribution in [0.15, 0.2) is 30.4 Å². The van der Waals surface area contributed by atoms with Gasteiger partial charge in [-0.15, -0.1) is 0 Å². The lowest BCUT2D eigenvalue weighted by atomic mass is 9.85. The van der Waals surface area contributed by atoms with Gasteiger partial charge in [0.15, 0.2) is 0 Å². The Balaban J connectivity index is 2.72. The normalized spacial score (nSPS) is 11.5. The molecule has 1 N–H and O–H groups in total. The van der Waals surface area contributed by atoms with E-state index in [9.17, 15) is 0 Å². The zero-order valence-corrected chi connectivity index (χ0v) is 14.4. The summed E-state index contributed by atoms with van der Waals surface area (Å²) < 4.78 is 6.02. The van der Waals surface area contributed by atoms with E-state index in [2.05, 4.69) is 64.7 Å². The van der Waals surface area contributed by atoms with Crippen molar-refractivity contribution in [2.75, 3.05) is 19.7 Å². The highest BCUT2D eigenvalue weighted by atomic mass is 16.5. The van der Waals surface area contributed by atoms with Gasteiger partial charge in [0.05, 0.1) is 0 Å². The second-order valence-corrected chi connectivity index (χ2v) is 6.65. The minimum Gasteiger partial charge on any atom is -0.489 e. The van der Waals surface area contributed by atoms with E-state index in [1.165, 1.54) is 11.1 Å². The predicted molar refractivity (Wildman–Crippen MR) is 92.3 cm³/mol. The summed E-state index contributed by atoms with van der Waals surface area (Å²) in [6, 6.07) is 6.53. The van der Waals surface area contributed by atoms with Crippen LogP contribution < -0.4 is 10.1 Å². The maximum Gasteiger partial charge on any atom is 0.123 e. The van der Waals surface area contributed by atoms with Crippen molar-refractivity contribution in [3.8, 4) is 5.75 Å². The number of nitrogens with one attached hydrogen (secondary N) is 1. The van der Waals surface area contributed by atoms with Gasteiger partial charge in [0.2, 0.25) is 0 Å². The molecule has 0 aliphatic carbocycles. The second-order valence-electron chi connectivity index (χ2n) is 6.65. The average Bonchev–Trinajstić information content (AvgIpc) is 2.44. The van der Waals surface area contributed by atoms with Gasteiger partial charge in [-0.2, -0.15) is 0 Å². The van der Waals surface area contributed by atoms with Crippen molar-refractivity contribution in [2.45, 2.75) is 52.9 Å². The molecule has 0 aliphatic heterocycles. The maximum atomic E-state index is 6.02. The van der Waals surface area contributed by atoms with Gasteiger partial charge in [0.1, 0.15) is 12.4 Å². The molecule has 1 rings (SSSR count). The zero-order chi connectivity index (χ0) is 15.9. The first-order valence-corrected chi connectivity index (χ1v) is 8.02. The summed E-state index contributed by atoms with van der Waals surface area (Å²) in [6.07, 6.45) is 2.19. The molecule has 0 aromatic heterocycles. The third-order valence-electron chi connectivity index (χ3n) is 3.49. The Labute approximate surface area is 130 Å². The Morgan fingerprint density at radius 3 is 2.52 bits per heavy atom. The molecule has 2 nitrogen and oxygen atoms in total. The van der Waals surface area contributed by atoms with E-state index in [1.807, 2.05) is 0 Å². The van der Waals surface area contributed by atoms with Crippen LogP contribution in [0, 0.1) is 0 Å². The number of rotatable bonds is 8. The Morgan fingerprint density at radius 1 is 1.24 bits per heavy atom. The van der Waals surface area contributed by atoms with E-state index in [1.54, 1.807) is 0 Å². The predicted octanol–water partition coefficient (Wildman–Crippen LogP) is 4.48. The molecule has 1 aromatic rings. The van der Waals surface area contributed by atoms with Crippen LogP contribution in [0.5, 0.6) is 5.75 Å². The van der Waals surface area contributed by atoms with Gasteiger partial charge < -0.3 is 10.1 Å². The lowest BCUT2D eigenvalue weighted by molar-refractivity contribution is 0.337. The molecule has 118 valence electrons. The van der Waals surface area contributed by atoms with Crippen LogP contribution in [0.4, 0.5) is 0 Å². The van der Waals surface area contributed by atoms with Crippen molar-refractivity contribution in [3.05, 3.63) is 41.5 Å². The summed E-state index contributed by atoms with van der Waals surface area (Å²) in [7, 11) is 0. The summed E-state index contributed by atoms with van der Waals surface area (Å²) in [5.74, 6) is 0.983. The van der Waals surface area contributed by atoms with Gasteiger partial charge in [0, 0.05) is 6.54 Å². The van der Waals surface area contributed by atoms with Crippen LogP contribution in [0.2, 0.25) is 0 Å². The summed E-state index contributed by atoms with van der Waals surface area (Å²) >= 11 is 0. The lowest BCUT2D eigenvalue weighted by Crippen LogP contribution is -2.21. The van der Waals surface area contributed by atoms with Gasteiger partial charge in [-0.05, 0) is 47.6 Å². The van der Waals surface area contributed by atoms with E-state index >= 15 is 0 Å². The van der Waals surface area contributed by atoms with E-state index in [0.717, 1.165) is 37.3 Å². The minimum atomic E-state index is 0.0856. The fourth-order valence-corrected chi connectivity index (χ4v) is 2.18. The van der Waals surface area contributed by atoms with Crippen molar-refractivity contribution in [2.24, 2.45) is 0 Å². The summed E-state index contributed by atoms with van der Waals surface area (Å²) in [5.41, 5.74) is 3.80. The number of hydrogen-bond acceptors (Lipinski definition) is 2. The van der Waals surface area contributed by atoms with Crippen LogP contribution in [0.1, 0.15) is 52.2 Å². The van der Waals surface area contributed by atoms with Crippen molar-refractivity contribution >= 4 is 0 Å². The third-order valence-corrected chi connectivity index (χ3v) is 3.49. The topological polar surface area (TPSA) is 21.3 Å². The number of ether oxygens (including phenoxy) is 1. The van der Waals surface area contributed by atoms with Crippen LogP contribution in [0.25, 0.3) is 0 Å². The molecular weight excluding hydrogens is 258 g/mol. The molecule has 0 bridgehead atoms. The van der Waals surface area contributed by atoms with Gasteiger partial charge in [-0.1, -0.05) is 53.3 Å². The largest absolute Gasteiger partial charge is 0.489 e. The Morgan fingerprint density at radius 2 is 1.95 bits per heavy atom. The van der Waals surface area contributed by atoms with Crippen molar-refractivity contribution in [3.63, 3.8) is 0 Å². The SMILES string of the molecule is C=C(CNCCC)COc1ccc(CC)cc1C(C)(C)C. The maximum absolute atomic E-state index is 6.02. The molecule has 0 heterocycles. The molecule has 0 saturated carbocycles. The Kier molecular flexibility index (Phi) is 6.97. The average molecular weight is 289 g/mol. The monoisotopic (exact) mass is 289 g/mol. The molecule has 0 saturated heterocycles. The van der Waals surface area contributed by atoms with Crippen LogP contribution in [0.3, 0.4) is 0 Å². The molecule has 0 spiro atoms. The van der Waals surface area contributed by atoms with E-state index in [4.69, 9.17) is 4.74 Å². The first-order chi connectivity index (χ1) is 9.88. The van der Waals surface area contributed by atoms with E-state index in [-0.39, 0.29) is 5.41 Å². The molecule has 0 fully saturated rings. The summed E-state index contributed by atoms with van der Waals surface area (Å²) in [4.78, 5) is 0. The second kappa shape index (κ2) is 8.23. The molecule has 0 amide bonds. The molecule has 0 atom stereocenters. The third kappa shape index (κ3) is 5.92. The first kappa shape index (κ1) is 17.8. The fourth-order valence-electron chi connectivity index (χ4n) is 2.18. The first-order valence-electron chi connectivity index (χ1n) is 8.02. The van der Waals surface area contributed by atoms with Crippen molar-refractivity contribution < 1.29 is 4.74 Å². The molecule has 0 aliphatic rings. The zero-order valence-electron chi connectivity index (χ0n) is 14.4. The van der Waals surface area contributed by atoms with Crippen LogP contribution in [-0.2, 0) is 11.8 Å². The molecule has 21 heavy (non-hydrogen) atoms. The highest BCUT2D eigenvalue weighted by Gasteiger charge is 2.19. The summed E-state index contributed by atoms with van der Waals surface area (Å²) in [6.45, 7) is 17.5. The molecule has 1 aromatic carbocycles. The minimum absolute atomic E-state index is 0.0856. The highest BCUT2D eigenvalue weighted by Crippen LogP contribution is 2.32. The fraction of sp³-hybridized carbons (Fsp3) is 0.579. The quantitative estimate of drug-likeness (QED) is 0.563. The van der Waals surface area contributed by atoms with Gasteiger partial charge >= 0.3 is 0 Å². The summed E-state index contributed by atoms with van der Waals surface area (Å²) in [5, 5.41) is 3.35. The van der Waals surface area contributed by atoms with Crippen LogP contribution in [-0.4, -0.2) is 19.7 Å². The number of aryl methyl sites for hydroxylation is 1. The molecule has 0 unspecified atom stereocenters. The van der Waals surface area contributed by atoms with Gasteiger partial charge in [-0.3, -0.25) is 0 Å². The number of benzene rings is 1. The highest BCUT2D eigenvalue weighted by molar-refractivity contribution is 5.41.